The molecule has 1 aromatic heterocycles. The van der Waals surface area contributed by atoms with Gasteiger partial charge in [0.2, 0.25) is 5.95 Å². The minimum atomic E-state index is 0.585. The first kappa shape index (κ1) is 9.77. The molecule has 1 heterocycles. The highest BCUT2D eigenvalue weighted by molar-refractivity contribution is 5.43. The van der Waals surface area contributed by atoms with E-state index in [0.717, 1.165) is 12.2 Å². The summed E-state index contributed by atoms with van der Waals surface area (Å²) >= 11 is 0. The van der Waals surface area contributed by atoms with Crippen molar-refractivity contribution in [2.24, 2.45) is 5.92 Å². The lowest BCUT2D eigenvalue weighted by atomic mass is 10.2. The second kappa shape index (κ2) is 4.07. The number of aryl methyl sites for hydroxylation is 1. The van der Waals surface area contributed by atoms with Crippen LogP contribution in [-0.2, 0) is 0 Å². The first-order chi connectivity index (χ1) is 6.09. The number of anilines is 2. The average molecular weight is 180 g/mol. The summed E-state index contributed by atoms with van der Waals surface area (Å²) < 4.78 is 0. The molecule has 0 aliphatic heterocycles. The van der Waals surface area contributed by atoms with E-state index in [4.69, 9.17) is 5.73 Å². The monoisotopic (exact) mass is 180 g/mol. The second-order valence-electron chi connectivity index (χ2n) is 3.51. The smallest absolute Gasteiger partial charge is 0.222 e. The zero-order chi connectivity index (χ0) is 9.84. The molecule has 4 heteroatoms. The molecule has 72 valence electrons. The van der Waals surface area contributed by atoms with E-state index in [9.17, 15) is 0 Å². The maximum absolute atomic E-state index is 5.59. The van der Waals surface area contributed by atoms with E-state index < -0.39 is 0 Å². The molecule has 0 bridgehead atoms. The van der Waals surface area contributed by atoms with Crippen LogP contribution >= 0.6 is 0 Å². The molecule has 1 aromatic rings. The molecule has 3 N–H and O–H groups in total. The Labute approximate surface area is 78.6 Å². The van der Waals surface area contributed by atoms with Crippen LogP contribution in [0.2, 0.25) is 0 Å². The minimum absolute atomic E-state index is 0.585. The molecule has 0 atom stereocenters. The van der Waals surface area contributed by atoms with Gasteiger partial charge in [-0.3, -0.25) is 0 Å². The molecule has 0 unspecified atom stereocenters. The van der Waals surface area contributed by atoms with Gasteiger partial charge in [0.1, 0.15) is 0 Å². The molecule has 0 amide bonds. The van der Waals surface area contributed by atoms with Gasteiger partial charge in [-0.25, -0.2) is 9.97 Å². The number of nitrogens with zero attached hydrogens (tertiary/aromatic N) is 2. The van der Waals surface area contributed by atoms with E-state index in [1.54, 1.807) is 6.20 Å². The number of aromatic nitrogens is 2. The molecular weight excluding hydrogens is 164 g/mol. The lowest BCUT2D eigenvalue weighted by molar-refractivity contribution is 0.684. The van der Waals surface area contributed by atoms with E-state index in [0.29, 0.717) is 17.6 Å². The van der Waals surface area contributed by atoms with Crippen molar-refractivity contribution in [3.63, 3.8) is 0 Å². The van der Waals surface area contributed by atoms with Crippen LogP contribution in [0, 0.1) is 12.8 Å². The van der Waals surface area contributed by atoms with Gasteiger partial charge < -0.3 is 11.1 Å². The minimum Gasteiger partial charge on any atom is -0.396 e. The van der Waals surface area contributed by atoms with Crippen LogP contribution in [0.5, 0.6) is 0 Å². The topological polar surface area (TPSA) is 63.8 Å². The van der Waals surface area contributed by atoms with Gasteiger partial charge in [0.15, 0.2) is 0 Å². The quantitative estimate of drug-likeness (QED) is 0.738. The number of nitrogen functional groups attached to an aromatic ring is 1. The summed E-state index contributed by atoms with van der Waals surface area (Å²) in [6.07, 6.45) is 1.63. The predicted molar refractivity (Wildman–Crippen MR) is 54.5 cm³/mol. The Morgan fingerprint density at radius 1 is 1.54 bits per heavy atom. The maximum atomic E-state index is 5.59. The van der Waals surface area contributed by atoms with Crippen LogP contribution in [0.1, 0.15) is 19.5 Å². The summed E-state index contributed by atoms with van der Waals surface area (Å²) in [5.41, 5.74) is 7.05. The highest BCUT2D eigenvalue weighted by atomic mass is 15.1. The third-order valence-corrected chi connectivity index (χ3v) is 1.69. The van der Waals surface area contributed by atoms with E-state index in [2.05, 4.69) is 29.1 Å². The fourth-order valence-electron chi connectivity index (χ4n) is 0.857. The second-order valence-corrected chi connectivity index (χ2v) is 3.51. The third-order valence-electron chi connectivity index (χ3n) is 1.69. The Morgan fingerprint density at radius 3 is 2.77 bits per heavy atom. The zero-order valence-corrected chi connectivity index (χ0v) is 8.33. The van der Waals surface area contributed by atoms with Gasteiger partial charge >= 0.3 is 0 Å². The number of rotatable bonds is 3. The summed E-state index contributed by atoms with van der Waals surface area (Å²) in [5.74, 6) is 1.24. The summed E-state index contributed by atoms with van der Waals surface area (Å²) in [5, 5.41) is 3.13. The molecule has 0 fully saturated rings. The molecule has 0 spiro atoms. The Morgan fingerprint density at radius 2 is 2.23 bits per heavy atom. The molecule has 0 aromatic carbocycles. The number of hydrogen-bond donors (Lipinski definition) is 2. The zero-order valence-electron chi connectivity index (χ0n) is 8.33. The summed E-state index contributed by atoms with van der Waals surface area (Å²) in [4.78, 5) is 8.26. The van der Waals surface area contributed by atoms with Crippen LogP contribution in [0.15, 0.2) is 6.20 Å². The molecule has 0 aliphatic rings. The van der Waals surface area contributed by atoms with Crippen LogP contribution in [0.3, 0.4) is 0 Å². The Kier molecular flexibility index (Phi) is 3.06. The standard InChI is InChI=1S/C9H16N4/c1-6(2)4-11-9-12-5-8(10)7(3)13-9/h5-6H,4,10H2,1-3H3,(H,11,12,13). The number of nitrogens with one attached hydrogen (secondary N) is 1. The van der Waals surface area contributed by atoms with Crippen LogP contribution in [0.25, 0.3) is 0 Å². The van der Waals surface area contributed by atoms with Crippen molar-refractivity contribution in [2.45, 2.75) is 20.8 Å². The Balaban J connectivity index is 2.63. The van der Waals surface area contributed by atoms with E-state index in [1.165, 1.54) is 0 Å². The molecule has 0 aliphatic carbocycles. The Bertz CT molecular complexity index is 283. The average Bonchev–Trinajstić information content (AvgIpc) is 2.07. The van der Waals surface area contributed by atoms with Gasteiger partial charge in [-0.2, -0.15) is 0 Å². The lowest BCUT2D eigenvalue weighted by Crippen LogP contribution is -2.11. The summed E-state index contributed by atoms with van der Waals surface area (Å²) in [6, 6.07) is 0. The maximum Gasteiger partial charge on any atom is 0.222 e. The third kappa shape index (κ3) is 2.89. The molecule has 0 radical (unpaired) electrons. The fraction of sp³-hybridized carbons (Fsp3) is 0.556. The van der Waals surface area contributed by atoms with Gasteiger partial charge in [0.05, 0.1) is 17.6 Å². The van der Waals surface area contributed by atoms with Crippen molar-refractivity contribution < 1.29 is 0 Å². The molecule has 0 saturated carbocycles. The molecule has 13 heavy (non-hydrogen) atoms. The summed E-state index contributed by atoms with van der Waals surface area (Å²) in [6.45, 7) is 7.02. The molecular formula is C9H16N4. The van der Waals surface area contributed by atoms with Gasteiger partial charge in [0, 0.05) is 6.54 Å². The molecule has 4 nitrogen and oxygen atoms in total. The lowest BCUT2D eigenvalue weighted by Gasteiger charge is -2.07. The van der Waals surface area contributed by atoms with Crippen LogP contribution in [0.4, 0.5) is 11.6 Å². The summed E-state index contributed by atoms with van der Waals surface area (Å²) in [7, 11) is 0. The van der Waals surface area contributed by atoms with Crippen molar-refractivity contribution in [1.82, 2.24) is 9.97 Å². The first-order valence-electron chi connectivity index (χ1n) is 4.42. The number of hydrogen-bond acceptors (Lipinski definition) is 4. The molecule has 1 rings (SSSR count). The van der Waals surface area contributed by atoms with E-state index in [1.807, 2.05) is 6.92 Å². The highest BCUT2D eigenvalue weighted by Gasteiger charge is 2.00. The van der Waals surface area contributed by atoms with Crippen molar-refractivity contribution in [1.29, 1.82) is 0 Å². The van der Waals surface area contributed by atoms with Crippen molar-refractivity contribution in [3.8, 4) is 0 Å². The van der Waals surface area contributed by atoms with Crippen LogP contribution in [-0.4, -0.2) is 16.5 Å². The van der Waals surface area contributed by atoms with Crippen molar-refractivity contribution in [3.05, 3.63) is 11.9 Å². The van der Waals surface area contributed by atoms with Gasteiger partial charge in [-0.05, 0) is 12.8 Å². The normalized spacial score (nSPS) is 10.5. The van der Waals surface area contributed by atoms with Gasteiger partial charge in [-0.1, -0.05) is 13.8 Å². The van der Waals surface area contributed by atoms with E-state index >= 15 is 0 Å². The van der Waals surface area contributed by atoms with E-state index in [-0.39, 0.29) is 0 Å². The largest absolute Gasteiger partial charge is 0.396 e. The Hall–Kier alpha value is -1.32. The van der Waals surface area contributed by atoms with Gasteiger partial charge in [-0.15, -0.1) is 0 Å². The fourth-order valence-corrected chi connectivity index (χ4v) is 0.857. The van der Waals surface area contributed by atoms with Crippen molar-refractivity contribution in [2.75, 3.05) is 17.6 Å². The van der Waals surface area contributed by atoms with Gasteiger partial charge in [0.25, 0.3) is 0 Å². The highest BCUT2D eigenvalue weighted by Crippen LogP contribution is 2.08. The predicted octanol–water partition coefficient (Wildman–Crippen LogP) is 1.44. The number of nitrogens with two attached hydrogens (primary N) is 1. The first-order valence-corrected chi connectivity index (χ1v) is 4.42. The SMILES string of the molecule is Cc1nc(NCC(C)C)ncc1N. The molecule has 0 saturated heterocycles. The van der Waals surface area contributed by atoms with Crippen molar-refractivity contribution >= 4 is 11.6 Å². The van der Waals surface area contributed by atoms with Crippen LogP contribution < -0.4 is 11.1 Å².